The fraction of sp³-hybridized carbons (Fsp3) is 0.337. The maximum atomic E-state index is 13.9. The van der Waals surface area contributed by atoms with Gasteiger partial charge in [0.2, 0.25) is 15.9 Å². The van der Waals surface area contributed by atoms with Crippen LogP contribution in [0.3, 0.4) is 0 Å². The van der Waals surface area contributed by atoms with E-state index in [4.69, 9.17) is 42.1 Å². The average molecular weight is 2200 g/mol. The van der Waals surface area contributed by atoms with E-state index in [-0.39, 0.29) is 142 Å². The molecule has 2 unspecified atom stereocenters. The molecule has 2 aliphatic heterocycles. The van der Waals surface area contributed by atoms with Gasteiger partial charge in [-0.1, -0.05) is 89.9 Å². The van der Waals surface area contributed by atoms with Crippen LogP contribution in [0.1, 0.15) is 181 Å². The van der Waals surface area contributed by atoms with Gasteiger partial charge in [-0.15, -0.1) is 34.0 Å². The molecule has 8 N–H and O–H groups in total. The van der Waals surface area contributed by atoms with Gasteiger partial charge in [-0.05, 0) is 205 Å². The molecule has 0 saturated carbocycles. The van der Waals surface area contributed by atoms with Gasteiger partial charge in [-0.2, -0.15) is 46.4 Å². The van der Waals surface area contributed by atoms with Crippen LogP contribution in [-0.2, 0) is 65.8 Å². The molecule has 8 aromatic heterocycles. The molecule has 35 nitrogen and oxygen atoms in total. The lowest BCUT2D eigenvalue weighted by Gasteiger charge is -2.33. The average Bonchev–Trinajstić information content (AvgIpc) is 1.53. The number of thiophene rings is 3. The zero-order valence-corrected chi connectivity index (χ0v) is 86.5. The summed E-state index contributed by atoms with van der Waals surface area (Å²) in [5.74, 6) is -6.76. The third kappa shape index (κ3) is 26.7. The summed E-state index contributed by atoms with van der Waals surface area (Å²) < 4.78 is 135. The zero-order valence-electron chi connectivity index (χ0n) is 80.2. The summed E-state index contributed by atoms with van der Waals surface area (Å²) in [4.78, 5) is 144. The molecule has 0 bridgehead atoms. The number of aliphatic hydroxyl groups excluding tert-OH is 2. The van der Waals surface area contributed by atoms with Crippen LogP contribution in [0.4, 0.5) is 37.0 Å². The van der Waals surface area contributed by atoms with Gasteiger partial charge in [-0.25, -0.2) is 41.7 Å². The van der Waals surface area contributed by atoms with Crippen molar-refractivity contribution in [2.24, 2.45) is 17.8 Å². The number of hydrogen-bond acceptors (Lipinski definition) is 28. The number of ether oxygens (including phenoxy) is 4. The normalized spacial score (nSPS) is 15.0. The molecular formula is C98H100BrCl2F6N17O18S4. The highest BCUT2D eigenvalue weighted by atomic mass is 79.9. The number of nitrogens with one attached hydrogen (secondary N) is 6. The van der Waals surface area contributed by atoms with Crippen molar-refractivity contribution in [3.8, 4) is 32.6 Å². The molecule has 0 radical (unpaired) electrons. The number of hydrogen-bond donors (Lipinski definition) is 8. The maximum Gasteiger partial charge on any atom is 0.433 e. The number of fused-ring (bicyclic) bond motifs is 5. The van der Waals surface area contributed by atoms with Crippen molar-refractivity contribution in [1.29, 1.82) is 0 Å². The molecule has 6 amide bonds. The number of allylic oxidation sites excluding steroid dienone is 3. The lowest BCUT2D eigenvalue weighted by Crippen LogP contribution is -2.50. The molecule has 12 aromatic rings. The van der Waals surface area contributed by atoms with Crippen LogP contribution in [0.15, 0.2) is 189 Å². The highest BCUT2D eigenvalue weighted by molar-refractivity contribution is 9.10. The molecule has 0 spiro atoms. The van der Waals surface area contributed by atoms with Crippen molar-refractivity contribution in [2.45, 2.75) is 135 Å². The van der Waals surface area contributed by atoms with E-state index in [2.05, 4.69) is 72.5 Å². The number of carbonyl (C=O) groups excluding carboxylic acids is 10. The van der Waals surface area contributed by atoms with E-state index >= 15 is 0 Å². The number of esters is 2. The molecule has 4 aromatic carbocycles. The Labute approximate surface area is 863 Å². The maximum absolute atomic E-state index is 13.9. The highest BCUT2D eigenvalue weighted by Gasteiger charge is 2.49. The first-order valence-corrected chi connectivity index (χ1v) is 50.9. The Morgan fingerprint density at radius 1 is 0.664 bits per heavy atom. The van der Waals surface area contributed by atoms with E-state index < -0.39 is 105 Å². The number of para-hydroxylation sites is 1. The molecule has 2 aliphatic carbocycles. The Morgan fingerprint density at radius 2 is 1.22 bits per heavy atom. The predicted molar refractivity (Wildman–Crippen MR) is 536 cm³/mol. The van der Waals surface area contributed by atoms with Gasteiger partial charge in [0.25, 0.3) is 23.6 Å². The van der Waals surface area contributed by atoms with Crippen LogP contribution in [0.2, 0.25) is 8.67 Å². The SMILES string of the molecule is CCOC(=O)c1cnn(-c2ccccc2)c1NC(=O)c1cc2nc(-c3cccs3)cc(C(F)(F)F)n2n1.CN(C)CCCNC1=C(O)C2C(=O)c3ccccc3C(=O)C2C(O)=C1.CNC(=O)c1cc2c(cc1C(=O)NC[C@H](NS(=O)(=O)c1c(Cl)sc(Cl)c1Br)C(=O)OC(C)(C)C)CN(C(=O)CCC1CCN(C(=O)OC(C)(C)C)CC1)C2.COc1ccc(CNC(=O)c2cc3nc(-c4cccs4)cc(C(F)(F)F)n3n2)cc1. The largest absolute Gasteiger partial charge is 0.511 e. The van der Waals surface area contributed by atoms with E-state index in [0.29, 0.717) is 90.6 Å². The minimum absolute atomic E-state index is 0.0140. The zero-order chi connectivity index (χ0) is 106. The Hall–Kier alpha value is -13.5. The van der Waals surface area contributed by atoms with Gasteiger partial charge < -0.3 is 70.4 Å². The fourth-order valence-electron chi connectivity index (χ4n) is 15.8. The van der Waals surface area contributed by atoms with Crippen LogP contribution in [0.25, 0.3) is 38.1 Å². The van der Waals surface area contributed by atoms with Gasteiger partial charge in [0.05, 0.1) is 79.9 Å². The van der Waals surface area contributed by atoms with Gasteiger partial charge in [-0.3, -0.25) is 38.4 Å². The number of nitrogens with zero attached hydrogens (tertiary/aromatic N) is 11. The number of Topliss-reactive ketones (excluding diaryl/α,β-unsaturated/α-hetero) is 2. The van der Waals surface area contributed by atoms with Crippen molar-refractivity contribution >= 4 is 159 Å². The molecular weight excluding hydrogens is 2100 g/mol. The number of carbonyl (C=O) groups is 10. The van der Waals surface area contributed by atoms with E-state index in [9.17, 15) is 92.9 Å². The Morgan fingerprint density at radius 3 is 1.73 bits per heavy atom. The smallest absolute Gasteiger partial charge is 0.433 e. The number of halogens is 9. The first-order valence-electron chi connectivity index (χ1n) is 45.3. The summed E-state index contributed by atoms with van der Waals surface area (Å²) in [6.45, 7) is 14.7. The first-order chi connectivity index (χ1) is 69.0. The van der Waals surface area contributed by atoms with Crippen LogP contribution >= 0.6 is 73.1 Å². The molecule has 772 valence electrons. The van der Waals surface area contributed by atoms with Crippen LogP contribution < -0.4 is 36.0 Å². The fourth-order valence-corrected chi connectivity index (χ4v) is 22.0. The highest BCUT2D eigenvalue weighted by Crippen LogP contribution is 2.45. The van der Waals surface area contributed by atoms with Crippen molar-refractivity contribution in [3.63, 3.8) is 0 Å². The van der Waals surface area contributed by atoms with Crippen molar-refractivity contribution in [3.05, 3.63) is 260 Å². The summed E-state index contributed by atoms with van der Waals surface area (Å²) in [6, 6.07) is 34.7. The third-order valence-corrected chi connectivity index (χ3v) is 29.5. The molecule has 4 aliphatic rings. The minimum atomic E-state index is -4.75. The summed E-state index contributed by atoms with van der Waals surface area (Å²) in [5, 5.41) is 49.7. The number of piperidine rings is 1. The van der Waals surface area contributed by atoms with Crippen molar-refractivity contribution in [1.82, 2.24) is 79.7 Å². The Balaban J connectivity index is 0.000000170. The van der Waals surface area contributed by atoms with Crippen LogP contribution in [-0.4, -0.2) is 216 Å². The predicted octanol–water partition coefficient (Wildman–Crippen LogP) is 17.4. The van der Waals surface area contributed by atoms with Crippen LogP contribution in [0, 0.1) is 17.8 Å². The number of anilines is 1. The number of rotatable bonds is 27. The molecule has 10 heterocycles. The van der Waals surface area contributed by atoms with Gasteiger partial charge >= 0.3 is 30.4 Å². The standard InChI is InChI=1S/C35H46BrCl2N5O9S2.C24H17F3N6O3S.C20H15F3N4O2S.C19H22N2O4/c1-34(2,3)51-32(47)24(41-54(49,50)27-26(36)28(37)53-29(27)38)16-40-31(46)23-15-21-18-43(17-20(21)14-22(23)30(45)39-7)25(44)9-8-19-10-12-42(13-11-19)33(48)52-35(4,5)6;1-2-36-23(35)15-13-28-32(14-7-4-3-5-8-14)21(15)30-22(34)17-12-20-29-16(18-9-6-10-37-18)11-19(24(25,26)27)33(20)31-17;1-29-13-6-4-12(5-7-13)11-24-19(28)15-10-18-25-14(16-3-2-8-30-16)9-17(20(21,22)23)27(18)26-15;1-21(2)9-5-8-20-13-10-14(22)15-16(19(13)25)18(24)12-7-4-3-6-11(12)17(15)23/h14-15,19,24,41H,8-13,16-18H2,1-7H3,(H,39,45)(H,40,46);3-13H,2H2,1H3,(H,30,34);2-10H,11H2,1H3,(H,24,28);3-4,6-7,10,15-16,20,22,25H,5,8-9H2,1-2H3/t24-;;;/m0.../s1. The van der Waals surface area contributed by atoms with Crippen molar-refractivity contribution in [2.75, 3.05) is 72.9 Å². The summed E-state index contributed by atoms with van der Waals surface area (Å²) >= 11 is 18.7. The van der Waals surface area contributed by atoms with Gasteiger partial charge in [0, 0.05) is 88.6 Å². The van der Waals surface area contributed by atoms with Crippen LogP contribution in [0.5, 0.6) is 5.75 Å². The number of methoxy groups -OCH3 is 1. The molecule has 16 rings (SSSR count). The second-order valence-electron chi connectivity index (χ2n) is 35.8. The summed E-state index contributed by atoms with van der Waals surface area (Å²) in [7, 11) is 2.44. The third-order valence-electron chi connectivity index (χ3n) is 22.8. The number of ketones is 2. The summed E-state index contributed by atoms with van der Waals surface area (Å²) in [6.07, 6.45) is -3.81. The number of aliphatic hydroxyl groups is 2. The number of benzene rings is 4. The Bertz CT molecular complexity index is 7100. The lowest BCUT2D eigenvalue weighted by atomic mass is 9.70. The second kappa shape index (κ2) is 46.5. The van der Waals surface area contributed by atoms with Gasteiger partial charge in [0.1, 0.15) is 53.6 Å². The molecule has 3 atom stereocenters. The minimum Gasteiger partial charge on any atom is -0.511 e. The monoisotopic (exact) mass is 2190 g/mol. The number of likely N-dealkylation sites (tertiary alicyclic amines) is 1. The van der Waals surface area contributed by atoms with E-state index in [1.807, 2.05) is 39.8 Å². The second-order valence-corrected chi connectivity index (χ2v) is 42.4. The van der Waals surface area contributed by atoms with Gasteiger partial charge in [0.15, 0.2) is 51.5 Å². The molecule has 1 saturated heterocycles. The topological polar surface area (TPSA) is 442 Å². The number of amides is 6. The Kier molecular flexibility index (Phi) is 35.0. The molecule has 48 heteroatoms. The molecule has 146 heavy (non-hydrogen) atoms. The van der Waals surface area contributed by atoms with E-state index in [1.54, 1.807) is 165 Å². The number of alkyl halides is 6. The van der Waals surface area contributed by atoms with E-state index in [0.717, 1.165) is 60.9 Å². The first kappa shape index (κ1) is 110. The number of sulfonamides is 1. The van der Waals surface area contributed by atoms with Crippen molar-refractivity contribution < 1.29 is 112 Å². The number of aromatic nitrogens is 8. The molecule has 1 fully saturated rings. The quantitative estimate of drug-likeness (QED) is 0.0103. The lowest BCUT2D eigenvalue weighted by molar-refractivity contribution is -0.156. The summed E-state index contributed by atoms with van der Waals surface area (Å²) in [5.41, 5.74) is -0.466. The van der Waals surface area contributed by atoms with E-state index in [1.165, 1.54) is 58.8 Å².